The molecule has 0 bridgehead atoms. The summed E-state index contributed by atoms with van der Waals surface area (Å²) in [7, 11) is 0. The lowest BCUT2D eigenvalue weighted by molar-refractivity contribution is 0.0523. The van der Waals surface area contributed by atoms with Gasteiger partial charge >= 0.3 is 11.8 Å². The molecule has 7 nitrogen and oxygen atoms in total. The Bertz CT molecular complexity index is 665. The van der Waals surface area contributed by atoms with Crippen LogP contribution in [0.2, 0.25) is 0 Å². The second-order valence-electron chi connectivity index (χ2n) is 5.47. The molecule has 0 saturated heterocycles. The van der Waals surface area contributed by atoms with Crippen LogP contribution in [0, 0.1) is 0 Å². The summed E-state index contributed by atoms with van der Waals surface area (Å²) >= 11 is 0. The first-order valence-electron chi connectivity index (χ1n) is 6.45. The zero-order chi connectivity index (χ0) is 15.5. The maximum atomic E-state index is 11.5. The average molecular weight is 291 g/mol. The van der Waals surface area contributed by atoms with Crippen molar-refractivity contribution >= 4 is 6.09 Å². The Labute approximate surface area is 121 Å². The second kappa shape index (κ2) is 5.82. The molecule has 0 aliphatic rings. The van der Waals surface area contributed by atoms with Gasteiger partial charge in [0.2, 0.25) is 5.89 Å². The first-order chi connectivity index (χ1) is 9.83. The number of hydrogen-bond acceptors (Lipinski definition) is 5. The molecule has 0 spiro atoms. The molecule has 1 aromatic carbocycles. The van der Waals surface area contributed by atoms with E-state index in [1.165, 1.54) is 0 Å². The Morgan fingerprint density at radius 3 is 2.52 bits per heavy atom. The highest BCUT2D eigenvalue weighted by atomic mass is 16.6. The Kier molecular flexibility index (Phi) is 4.11. The van der Waals surface area contributed by atoms with Crippen molar-refractivity contribution in [1.82, 2.24) is 15.5 Å². The molecule has 0 radical (unpaired) electrons. The van der Waals surface area contributed by atoms with E-state index in [0.29, 0.717) is 12.1 Å². The SMILES string of the molecule is CC(C)(C)OC(=O)NCc1ccc(-c2n[nH]c(=O)o2)cc1. The van der Waals surface area contributed by atoms with Gasteiger partial charge in [0, 0.05) is 12.1 Å². The normalized spacial score (nSPS) is 11.2. The molecule has 0 aliphatic heterocycles. The number of carbonyl (C=O) groups excluding carboxylic acids is 1. The number of rotatable bonds is 3. The summed E-state index contributed by atoms with van der Waals surface area (Å²) in [5.41, 5.74) is 1.04. The Morgan fingerprint density at radius 2 is 2.00 bits per heavy atom. The number of ether oxygens (including phenoxy) is 1. The molecule has 21 heavy (non-hydrogen) atoms. The van der Waals surface area contributed by atoms with Crippen molar-refractivity contribution in [2.75, 3.05) is 0 Å². The highest BCUT2D eigenvalue weighted by molar-refractivity contribution is 5.67. The molecule has 7 heteroatoms. The van der Waals surface area contributed by atoms with Crippen molar-refractivity contribution in [3.05, 3.63) is 40.4 Å². The van der Waals surface area contributed by atoms with Crippen LogP contribution in [0.1, 0.15) is 26.3 Å². The Morgan fingerprint density at radius 1 is 1.33 bits per heavy atom. The predicted octanol–water partition coefficient (Wildman–Crippen LogP) is 2.05. The number of nitrogens with one attached hydrogen (secondary N) is 2. The van der Waals surface area contributed by atoms with Crippen molar-refractivity contribution in [1.29, 1.82) is 0 Å². The largest absolute Gasteiger partial charge is 0.444 e. The highest BCUT2D eigenvalue weighted by Crippen LogP contribution is 2.15. The summed E-state index contributed by atoms with van der Waals surface area (Å²) in [5, 5.41) is 8.60. The van der Waals surface area contributed by atoms with Gasteiger partial charge in [0.1, 0.15) is 5.60 Å². The van der Waals surface area contributed by atoms with Gasteiger partial charge < -0.3 is 14.5 Å². The third kappa shape index (κ3) is 4.48. The van der Waals surface area contributed by atoms with E-state index in [2.05, 4.69) is 15.5 Å². The van der Waals surface area contributed by atoms with Gasteiger partial charge in [-0.2, -0.15) is 0 Å². The smallest absolute Gasteiger partial charge is 0.434 e. The monoisotopic (exact) mass is 291 g/mol. The van der Waals surface area contributed by atoms with Gasteiger partial charge in [-0.3, -0.25) is 0 Å². The molecule has 2 N–H and O–H groups in total. The lowest BCUT2D eigenvalue weighted by Crippen LogP contribution is -2.32. The minimum Gasteiger partial charge on any atom is -0.444 e. The fourth-order valence-electron chi connectivity index (χ4n) is 1.61. The average Bonchev–Trinajstić information content (AvgIpc) is 2.82. The standard InChI is InChI=1S/C14H17N3O4/c1-14(2,3)21-12(18)15-8-9-4-6-10(7-5-9)11-16-17-13(19)20-11/h4-7H,8H2,1-3H3,(H,15,18)(H,17,19). The van der Waals surface area contributed by atoms with E-state index < -0.39 is 17.5 Å². The zero-order valence-electron chi connectivity index (χ0n) is 12.1. The summed E-state index contributed by atoms with van der Waals surface area (Å²) in [6, 6.07) is 7.12. The van der Waals surface area contributed by atoms with E-state index in [1.807, 2.05) is 0 Å². The van der Waals surface area contributed by atoms with E-state index in [-0.39, 0.29) is 5.89 Å². The minimum atomic E-state index is -0.597. The molecule has 1 aromatic heterocycles. The van der Waals surface area contributed by atoms with Crippen LogP contribution in [0.15, 0.2) is 33.5 Å². The fraction of sp³-hybridized carbons (Fsp3) is 0.357. The van der Waals surface area contributed by atoms with Crippen molar-refractivity contribution in [2.24, 2.45) is 0 Å². The van der Waals surface area contributed by atoms with Crippen LogP contribution in [0.25, 0.3) is 11.5 Å². The van der Waals surface area contributed by atoms with Crippen LogP contribution < -0.4 is 11.1 Å². The lowest BCUT2D eigenvalue weighted by Gasteiger charge is -2.19. The number of aromatic nitrogens is 2. The van der Waals surface area contributed by atoms with E-state index in [0.717, 1.165) is 5.56 Å². The Hall–Kier alpha value is -2.57. The molecule has 0 unspecified atom stereocenters. The second-order valence-corrected chi connectivity index (χ2v) is 5.47. The van der Waals surface area contributed by atoms with Crippen LogP contribution in [0.5, 0.6) is 0 Å². The van der Waals surface area contributed by atoms with Crippen LogP contribution >= 0.6 is 0 Å². The molecular formula is C14H17N3O4. The first-order valence-corrected chi connectivity index (χ1v) is 6.45. The molecule has 2 rings (SSSR count). The molecule has 112 valence electrons. The van der Waals surface area contributed by atoms with E-state index >= 15 is 0 Å². The molecule has 0 atom stereocenters. The number of aromatic amines is 1. The van der Waals surface area contributed by atoms with E-state index in [9.17, 15) is 9.59 Å². The third-order valence-corrected chi connectivity index (χ3v) is 2.47. The number of nitrogens with zero attached hydrogens (tertiary/aromatic N) is 1. The fourth-order valence-corrected chi connectivity index (χ4v) is 1.61. The molecule has 0 aliphatic carbocycles. The van der Waals surface area contributed by atoms with Gasteiger partial charge in [-0.05, 0) is 38.5 Å². The summed E-state index contributed by atoms with van der Waals surface area (Å²) in [4.78, 5) is 22.4. The van der Waals surface area contributed by atoms with E-state index in [1.54, 1.807) is 45.0 Å². The zero-order valence-corrected chi connectivity index (χ0v) is 12.1. The van der Waals surface area contributed by atoms with Crippen molar-refractivity contribution in [2.45, 2.75) is 32.9 Å². The lowest BCUT2D eigenvalue weighted by atomic mass is 10.1. The quantitative estimate of drug-likeness (QED) is 0.902. The van der Waals surface area contributed by atoms with Crippen LogP contribution in [-0.2, 0) is 11.3 Å². The van der Waals surface area contributed by atoms with Crippen molar-refractivity contribution < 1.29 is 13.9 Å². The van der Waals surface area contributed by atoms with Crippen molar-refractivity contribution in [3.8, 4) is 11.5 Å². The predicted molar refractivity (Wildman–Crippen MR) is 75.6 cm³/mol. The topological polar surface area (TPSA) is 97.2 Å². The minimum absolute atomic E-state index is 0.228. The summed E-state index contributed by atoms with van der Waals surface area (Å²) in [5.74, 6) is -0.368. The number of hydrogen-bond donors (Lipinski definition) is 2. The van der Waals surface area contributed by atoms with Gasteiger partial charge in [0.15, 0.2) is 0 Å². The molecule has 1 amide bonds. The molecule has 0 fully saturated rings. The van der Waals surface area contributed by atoms with Gasteiger partial charge in [-0.15, -0.1) is 5.10 Å². The maximum absolute atomic E-state index is 11.5. The van der Waals surface area contributed by atoms with Gasteiger partial charge in [0.05, 0.1) is 0 Å². The molecular weight excluding hydrogens is 274 g/mol. The molecule has 0 saturated carbocycles. The van der Waals surface area contributed by atoms with Gasteiger partial charge in [-0.25, -0.2) is 14.7 Å². The van der Waals surface area contributed by atoms with Crippen molar-refractivity contribution in [3.63, 3.8) is 0 Å². The number of amides is 1. The number of benzene rings is 1. The maximum Gasteiger partial charge on any atom is 0.434 e. The van der Waals surface area contributed by atoms with Crippen LogP contribution in [0.4, 0.5) is 4.79 Å². The third-order valence-electron chi connectivity index (χ3n) is 2.47. The molecule has 2 aromatic rings. The summed E-state index contributed by atoms with van der Waals surface area (Å²) in [6.45, 7) is 5.76. The van der Waals surface area contributed by atoms with E-state index in [4.69, 9.17) is 9.15 Å². The van der Waals surface area contributed by atoms with Gasteiger partial charge in [-0.1, -0.05) is 12.1 Å². The number of alkyl carbamates (subject to hydrolysis) is 1. The Balaban J connectivity index is 1.94. The summed E-state index contributed by atoms with van der Waals surface area (Å²) < 4.78 is 9.99. The first kappa shape index (κ1) is 14.8. The van der Waals surface area contributed by atoms with Crippen LogP contribution in [-0.4, -0.2) is 21.9 Å². The van der Waals surface area contributed by atoms with Gasteiger partial charge in [0.25, 0.3) is 0 Å². The summed E-state index contributed by atoms with van der Waals surface area (Å²) in [6.07, 6.45) is -0.468. The number of carbonyl (C=O) groups is 1. The number of H-pyrrole nitrogens is 1. The molecule has 1 heterocycles. The highest BCUT2D eigenvalue weighted by Gasteiger charge is 2.15. The van der Waals surface area contributed by atoms with Crippen LogP contribution in [0.3, 0.4) is 0 Å².